The van der Waals surface area contributed by atoms with Crippen LogP contribution in [0, 0.1) is 0 Å². The molecule has 1 amide bonds. The zero-order chi connectivity index (χ0) is 14.0. The number of para-hydroxylation sites is 1. The smallest absolute Gasteiger partial charge is 0.228 e. The third-order valence-electron chi connectivity index (χ3n) is 3.00. The number of nitrogens with zero attached hydrogens (tertiary/aromatic N) is 1. The average Bonchev–Trinajstić information content (AvgIpc) is 2.69. The number of carbonyl (C=O) groups excluding carboxylic acids is 3. The van der Waals surface area contributed by atoms with E-state index in [1.807, 2.05) is 0 Å². The molecule has 1 atom stereocenters. The summed E-state index contributed by atoms with van der Waals surface area (Å²) in [7, 11) is 0. The first-order chi connectivity index (χ1) is 8.99. The van der Waals surface area contributed by atoms with E-state index < -0.39 is 0 Å². The van der Waals surface area contributed by atoms with Gasteiger partial charge in [-0.25, -0.2) is 0 Å². The number of ketones is 1. The fourth-order valence-corrected chi connectivity index (χ4v) is 3.15. The van der Waals surface area contributed by atoms with Gasteiger partial charge in [-0.15, -0.1) is 0 Å². The van der Waals surface area contributed by atoms with E-state index in [4.69, 9.17) is 0 Å². The van der Waals surface area contributed by atoms with Gasteiger partial charge in [0.15, 0.2) is 10.9 Å². The van der Waals surface area contributed by atoms with Crippen molar-refractivity contribution in [2.24, 2.45) is 0 Å². The van der Waals surface area contributed by atoms with Gasteiger partial charge in [0.25, 0.3) is 0 Å². The number of hydrogen-bond donors (Lipinski definition) is 0. The van der Waals surface area contributed by atoms with Gasteiger partial charge in [0.2, 0.25) is 5.91 Å². The molecule has 1 aliphatic rings. The van der Waals surface area contributed by atoms with Crippen molar-refractivity contribution >= 4 is 34.3 Å². The Balaban J connectivity index is 2.26. The van der Waals surface area contributed by atoms with E-state index in [2.05, 4.69) is 0 Å². The first-order valence-electron chi connectivity index (χ1n) is 6.06. The summed E-state index contributed by atoms with van der Waals surface area (Å²) in [6.07, 6.45) is 0.344. The van der Waals surface area contributed by atoms with Gasteiger partial charge >= 0.3 is 0 Å². The molecule has 1 unspecified atom stereocenters. The van der Waals surface area contributed by atoms with Crippen LogP contribution in [-0.4, -0.2) is 28.6 Å². The van der Waals surface area contributed by atoms with E-state index in [9.17, 15) is 14.4 Å². The third kappa shape index (κ3) is 3.04. The maximum Gasteiger partial charge on any atom is 0.228 e. The molecule has 1 aromatic carbocycles. The van der Waals surface area contributed by atoms with Crippen LogP contribution in [0.15, 0.2) is 24.3 Å². The van der Waals surface area contributed by atoms with Crippen molar-refractivity contribution in [2.45, 2.75) is 25.5 Å². The SMILES string of the molecule is CC(=O)SC1CC(=O)N(c2ccccc2C(C)=O)C1. The van der Waals surface area contributed by atoms with Crippen LogP contribution in [0.5, 0.6) is 0 Å². The number of anilines is 1. The zero-order valence-corrected chi connectivity index (χ0v) is 11.7. The van der Waals surface area contributed by atoms with E-state index in [-0.39, 0.29) is 22.1 Å². The first-order valence-corrected chi connectivity index (χ1v) is 6.94. The Bertz CT molecular complexity index is 541. The van der Waals surface area contributed by atoms with Gasteiger partial charge in [0.05, 0.1) is 5.69 Å². The molecule has 5 heteroatoms. The van der Waals surface area contributed by atoms with Gasteiger partial charge in [0.1, 0.15) is 0 Å². The fraction of sp³-hybridized carbons (Fsp3) is 0.357. The van der Waals surface area contributed by atoms with Gasteiger partial charge in [-0.3, -0.25) is 14.4 Å². The van der Waals surface area contributed by atoms with Crippen LogP contribution < -0.4 is 4.90 Å². The van der Waals surface area contributed by atoms with Crippen LogP contribution in [0.3, 0.4) is 0 Å². The Morgan fingerprint density at radius 2 is 1.95 bits per heavy atom. The van der Waals surface area contributed by atoms with E-state index in [0.717, 1.165) is 0 Å². The Morgan fingerprint density at radius 3 is 2.58 bits per heavy atom. The lowest BCUT2D eigenvalue weighted by Gasteiger charge is -2.19. The number of amides is 1. The highest BCUT2D eigenvalue weighted by molar-refractivity contribution is 8.14. The zero-order valence-electron chi connectivity index (χ0n) is 10.9. The van der Waals surface area contributed by atoms with E-state index >= 15 is 0 Å². The molecule has 0 aliphatic carbocycles. The fourth-order valence-electron chi connectivity index (χ4n) is 2.23. The third-order valence-corrected chi connectivity index (χ3v) is 3.98. The molecule has 2 rings (SSSR count). The molecule has 100 valence electrons. The summed E-state index contributed by atoms with van der Waals surface area (Å²) in [6.45, 7) is 3.47. The largest absolute Gasteiger partial charge is 0.311 e. The van der Waals surface area contributed by atoms with Crippen LogP contribution in [0.25, 0.3) is 0 Å². The Kier molecular flexibility index (Phi) is 4.04. The molecule has 1 heterocycles. The van der Waals surface area contributed by atoms with Crippen molar-refractivity contribution in [1.29, 1.82) is 0 Å². The second-order valence-corrected chi connectivity index (χ2v) is 5.99. The predicted molar refractivity (Wildman–Crippen MR) is 75.5 cm³/mol. The number of thioether (sulfide) groups is 1. The topological polar surface area (TPSA) is 54.5 Å². The van der Waals surface area contributed by atoms with Crippen molar-refractivity contribution in [3.63, 3.8) is 0 Å². The Hall–Kier alpha value is -1.62. The van der Waals surface area contributed by atoms with Crippen LogP contribution in [0.4, 0.5) is 5.69 Å². The normalized spacial score (nSPS) is 18.7. The van der Waals surface area contributed by atoms with Crippen molar-refractivity contribution in [2.75, 3.05) is 11.4 Å². The number of Topliss-reactive ketones (excluding diaryl/α,β-unsaturated/α-hetero) is 1. The summed E-state index contributed by atoms with van der Waals surface area (Å²) in [5.41, 5.74) is 1.19. The standard InChI is InChI=1S/C14H15NO3S/c1-9(16)12-5-3-4-6-13(12)15-8-11(7-14(15)18)19-10(2)17/h3-6,11H,7-8H2,1-2H3. The minimum absolute atomic E-state index is 0.0134. The lowest BCUT2D eigenvalue weighted by molar-refractivity contribution is -0.117. The molecule has 1 aromatic rings. The molecule has 0 radical (unpaired) electrons. The summed E-state index contributed by atoms with van der Waals surface area (Å²) in [5.74, 6) is -0.0986. The molecule has 0 N–H and O–H groups in total. The summed E-state index contributed by atoms with van der Waals surface area (Å²) in [6, 6.07) is 7.08. The lowest BCUT2D eigenvalue weighted by Crippen LogP contribution is -2.26. The first kappa shape index (κ1) is 13.8. The molecule has 1 saturated heterocycles. The number of carbonyl (C=O) groups is 3. The van der Waals surface area contributed by atoms with Crippen LogP contribution in [0.2, 0.25) is 0 Å². The quantitative estimate of drug-likeness (QED) is 0.795. The van der Waals surface area contributed by atoms with Gasteiger partial charge in [-0.05, 0) is 19.1 Å². The minimum Gasteiger partial charge on any atom is -0.311 e. The number of rotatable bonds is 3. The highest BCUT2D eigenvalue weighted by Gasteiger charge is 2.33. The monoisotopic (exact) mass is 277 g/mol. The molecule has 1 fully saturated rings. The molecule has 19 heavy (non-hydrogen) atoms. The van der Waals surface area contributed by atoms with Crippen LogP contribution in [-0.2, 0) is 9.59 Å². The molecule has 0 spiro atoms. The van der Waals surface area contributed by atoms with Gasteiger partial charge in [0, 0.05) is 30.7 Å². The minimum atomic E-state index is -0.0638. The van der Waals surface area contributed by atoms with Gasteiger partial charge in [-0.2, -0.15) is 0 Å². The molecule has 0 saturated carbocycles. The summed E-state index contributed by atoms with van der Waals surface area (Å²) in [5, 5.41) is -0.00971. The maximum absolute atomic E-state index is 12.0. The molecule has 0 bridgehead atoms. The molecule has 1 aliphatic heterocycles. The van der Waals surface area contributed by atoms with Crippen LogP contribution in [0.1, 0.15) is 30.6 Å². The highest BCUT2D eigenvalue weighted by atomic mass is 32.2. The lowest BCUT2D eigenvalue weighted by atomic mass is 10.1. The van der Waals surface area contributed by atoms with Crippen molar-refractivity contribution < 1.29 is 14.4 Å². The Labute approximate surface area is 116 Å². The van der Waals surface area contributed by atoms with Crippen molar-refractivity contribution in [3.8, 4) is 0 Å². The van der Waals surface area contributed by atoms with Crippen molar-refractivity contribution in [1.82, 2.24) is 0 Å². The second-order valence-electron chi connectivity index (χ2n) is 4.51. The highest BCUT2D eigenvalue weighted by Crippen LogP contribution is 2.30. The summed E-state index contributed by atoms with van der Waals surface area (Å²) < 4.78 is 0. The van der Waals surface area contributed by atoms with Gasteiger partial charge < -0.3 is 4.90 Å². The predicted octanol–water partition coefficient (Wildman–Crippen LogP) is 2.27. The molecular formula is C14H15NO3S. The number of benzene rings is 1. The van der Waals surface area contributed by atoms with E-state index in [1.54, 1.807) is 29.2 Å². The summed E-state index contributed by atoms with van der Waals surface area (Å²) in [4.78, 5) is 36.3. The van der Waals surface area contributed by atoms with E-state index in [0.29, 0.717) is 24.2 Å². The summed E-state index contributed by atoms with van der Waals surface area (Å²) >= 11 is 1.19. The van der Waals surface area contributed by atoms with E-state index in [1.165, 1.54) is 25.6 Å². The maximum atomic E-state index is 12.0. The van der Waals surface area contributed by atoms with Crippen molar-refractivity contribution in [3.05, 3.63) is 29.8 Å². The molecule has 4 nitrogen and oxygen atoms in total. The molecular weight excluding hydrogens is 262 g/mol. The average molecular weight is 277 g/mol. The molecule has 0 aromatic heterocycles. The number of hydrogen-bond acceptors (Lipinski definition) is 4. The van der Waals surface area contributed by atoms with Gasteiger partial charge in [-0.1, -0.05) is 23.9 Å². The Morgan fingerprint density at radius 1 is 1.26 bits per heavy atom. The van der Waals surface area contributed by atoms with Crippen LogP contribution >= 0.6 is 11.8 Å². The second kappa shape index (κ2) is 5.57.